The number of nitrogens with one attached hydrogen (secondary N) is 1. The Morgan fingerprint density at radius 2 is 1.85 bits per heavy atom. The van der Waals surface area contributed by atoms with E-state index in [0.717, 1.165) is 4.90 Å². The Morgan fingerprint density at radius 3 is 2.35 bits per heavy atom. The summed E-state index contributed by atoms with van der Waals surface area (Å²) in [5.74, 6) is -0.478. The summed E-state index contributed by atoms with van der Waals surface area (Å²) in [4.78, 5) is 13.2. The first kappa shape index (κ1) is 13.4. The van der Waals surface area contributed by atoms with Gasteiger partial charge in [-0.25, -0.2) is 0 Å². The van der Waals surface area contributed by atoms with E-state index in [1.54, 1.807) is 37.3 Å². The van der Waals surface area contributed by atoms with Crippen LogP contribution in [0, 0.1) is 0 Å². The van der Waals surface area contributed by atoms with E-state index in [1.165, 1.54) is 0 Å². The lowest BCUT2D eigenvalue weighted by Crippen LogP contribution is -2.51. The van der Waals surface area contributed by atoms with Crippen LogP contribution in [0.25, 0.3) is 0 Å². The lowest BCUT2D eigenvalue weighted by atomic mass is 10.1. The standard InChI is InChI=1S/C14H15F3N2O/c1-9-12(20)19(13(7-8-13)14(15,16)17)11(18-9)10-5-3-2-4-6-10/h2-6,9,11,18H,7-8H2,1H3. The molecule has 0 aromatic heterocycles. The molecule has 0 bridgehead atoms. The number of halogens is 3. The van der Waals surface area contributed by atoms with E-state index in [-0.39, 0.29) is 12.8 Å². The molecule has 1 aromatic rings. The number of amides is 1. The molecule has 20 heavy (non-hydrogen) atoms. The molecule has 0 radical (unpaired) electrons. The Kier molecular flexibility index (Phi) is 2.83. The maximum Gasteiger partial charge on any atom is 0.411 e. The van der Waals surface area contributed by atoms with Gasteiger partial charge in [0.15, 0.2) is 0 Å². The monoisotopic (exact) mass is 284 g/mol. The minimum absolute atomic E-state index is 0.0139. The van der Waals surface area contributed by atoms with Gasteiger partial charge in [0, 0.05) is 0 Å². The van der Waals surface area contributed by atoms with Gasteiger partial charge in [0.2, 0.25) is 5.91 Å². The third kappa shape index (κ3) is 1.82. The van der Waals surface area contributed by atoms with Crippen LogP contribution < -0.4 is 5.32 Å². The van der Waals surface area contributed by atoms with Crippen molar-refractivity contribution in [3.8, 4) is 0 Å². The molecule has 6 heteroatoms. The quantitative estimate of drug-likeness (QED) is 0.905. The molecule has 3 nitrogen and oxygen atoms in total. The van der Waals surface area contributed by atoms with Crippen molar-refractivity contribution >= 4 is 5.91 Å². The molecule has 1 heterocycles. The Labute approximate surface area is 114 Å². The van der Waals surface area contributed by atoms with E-state index in [1.807, 2.05) is 0 Å². The molecule has 2 unspecified atom stereocenters. The predicted octanol–water partition coefficient (Wildman–Crippen LogP) is 2.60. The van der Waals surface area contributed by atoms with E-state index < -0.39 is 29.8 Å². The van der Waals surface area contributed by atoms with Crippen molar-refractivity contribution in [1.29, 1.82) is 0 Å². The number of carbonyl (C=O) groups excluding carboxylic acids is 1. The average Bonchev–Trinajstić information content (AvgIpc) is 3.14. The lowest BCUT2D eigenvalue weighted by molar-refractivity contribution is -0.202. The highest BCUT2D eigenvalue weighted by Gasteiger charge is 2.70. The molecule has 3 rings (SSSR count). The van der Waals surface area contributed by atoms with Gasteiger partial charge in [0.25, 0.3) is 0 Å². The Morgan fingerprint density at radius 1 is 1.25 bits per heavy atom. The van der Waals surface area contributed by atoms with E-state index in [0.29, 0.717) is 5.56 Å². The third-order valence-corrected chi connectivity index (χ3v) is 4.10. The van der Waals surface area contributed by atoms with Crippen molar-refractivity contribution in [3.63, 3.8) is 0 Å². The summed E-state index contributed by atoms with van der Waals surface area (Å²) in [5.41, 5.74) is -1.30. The number of rotatable bonds is 2. The number of carbonyl (C=O) groups is 1. The van der Waals surface area contributed by atoms with Crippen molar-refractivity contribution in [2.75, 3.05) is 0 Å². The van der Waals surface area contributed by atoms with Gasteiger partial charge in [-0.05, 0) is 25.3 Å². The van der Waals surface area contributed by atoms with Crippen LogP contribution in [0.1, 0.15) is 31.5 Å². The van der Waals surface area contributed by atoms with E-state index >= 15 is 0 Å². The fourth-order valence-corrected chi connectivity index (χ4v) is 2.84. The van der Waals surface area contributed by atoms with Crippen molar-refractivity contribution in [1.82, 2.24) is 10.2 Å². The maximum atomic E-state index is 13.3. The maximum absolute atomic E-state index is 13.3. The van der Waals surface area contributed by atoms with Crippen LogP contribution in [-0.4, -0.2) is 28.6 Å². The molecule has 1 saturated carbocycles. The highest BCUT2D eigenvalue weighted by atomic mass is 19.4. The molecule has 108 valence electrons. The molecule has 2 aliphatic rings. The van der Waals surface area contributed by atoms with Gasteiger partial charge < -0.3 is 4.90 Å². The Balaban J connectivity index is 2.01. The summed E-state index contributed by atoms with van der Waals surface area (Å²) in [5, 5.41) is 2.96. The van der Waals surface area contributed by atoms with Gasteiger partial charge in [-0.1, -0.05) is 30.3 Å². The molecular formula is C14H15F3N2O. The number of hydrogen-bond donors (Lipinski definition) is 1. The summed E-state index contributed by atoms with van der Waals surface area (Å²) in [6.45, 7) is 1.60. The van der Waals surface area contributed by atoms with Gasteiger partial charge in [0.1, 0.15) is 11.7 Å². The van der Waals surface area contributed by atoms with Gasteiger partial charge in [-0.15, -0.1) is 0 Å². The lowest BCUT2D eigenvalue weighted by Gasteiger charge is -2.34. The Bertz CT molecular complexity index is 525. The van der Waals surface area contributed by atoms with Gasteiger partial charge in [-0.2, -0.15) is 13.2 Å². The fourth-order valence-electron chi connectivity index (χ4n) is 2.84. The summed E-state index contributed by atoms with van der Waals surface area (Å²) < 4.78 is 39.9. The second-order valence-corrected chi connectivity index (χ2v) is 5.44. The number of alkyl halides is 3. The fraction of sp³-hybridized carbons (Fsp3) is 0.500. The number of hydrogen-bond acceptors (Lipinski definition) is 2. The van der Waals surface area contributed by atoms with Crippen LogP contribution in [0.15, 0.2) is 30.3 Å². The molecule has 0 spiro atoms. The minimum Gasteiger partial charge on any atom is -0.307 e. The zero-order valence-corrected chi connectivity index (χ0v) is 10.9. The molecule has 1 aliphatic carbocycles. The first-order valence-corrected chi connectivity index (χ1v) is 6.58. The van der Waals surface area contributed by atoms with Crippen LogP contribution in [-0.2, 0) is 4.79 Å². The van der Waals surface area contributed by atoms with Crippen molar-refractivity contribution in [3.05, 3.63) is 35.9 Å². The molecule has 1 aromatic carbocycles. The van der Waals surface area contributed by atoms with E-state index in [9.17, 15) is 18.0 Å². The van der Waals surface area contributed by atoms with Gasteiger partial charge >= 0.3 is 6.18 Å². The summed E-state index contributed by atoms with van der Waals surface area (Å²) in [7, 11) is 0. The van der Waals surface area contributed by atoms with Crippen LogP contribution >= 0.6 is 0 Å². The largest absolute Gasteiger partial charge is 0.411 e. The first-order valence-electron chi connectivity index (χ1n) is 6.58. The second kappa shape index (κ2) is 4.22. The summed E-state index contributed by atoms with van der Waals surface area (Å²) in [6, 6.07) is 8.20. The molecule has 2 fully saturated rings. The van der Waals surface area contributed by atoms with Gasteiger partial charge in [-0.3, -0.25) is 10.1 Å². The molecule has 2 atom stereocenters. The number of benzene rings is 1. The van der Waals surface area contributed by atoms with Crippen molar-refractivity contribution in [2.45, 2.75) is 43.7 Å². The molecule has 1 N–H and O–H groups in total. The zero-order chi connectivity index (χ0) is 14.5. The minimum atomic E-state index is -4.39. The zero-order valence-electron chi connectivity index (χ0n) is 10.9. The number of nitrogens with zero attached hydrogens (tertiary/aromatic N) is 1. The van der Waals surface area contributed by atoms with Crippen molar-refractivity contribution in [2.24, 2.45) is 0 Å². The third-order valence-electron chi connectivity index (χ3n) is 4.10. The average molecular weight is 284 g/mol. The predicted molar refractivity (Wildman–Crippen MR) is 66.6 cm³/mol. The van der Waals surface area contributed by atoms with Crippen LogP contribution in [0.5, 0.6) is 0 Å². The smallest absolute Gasteiger partial charge is 0.307 e. The summed E-state index contributed by atoms with van der Waals surface area (Å²) >= 11 is 0. The van der Waals surface area contributed by atoms with E-state index in [4.69, 9.17) is 0 Å². The highest BCUT2D eigenvalue weighted by Crippen LogP contribution is 2.56. The van der Waals surface area contributed by atoms with Crippen molar-refractivity contribution < 1.29 is 18.0 Å². The van der Waals surface area contributed by atoms with Crippen LogP contribution in [0.2, 0.25) is 0 Å². The normalized spacial score (nSPS) is 28.8. The summed E-state index contributed by atoms with van der Waals surface area (Å²) in [6.07, 6.45) is -5.12. The van der Waals surface area contributed by atoms with Gasteiger partial charge in [0.05, 0.1) is 6.04 Å². The molecule has 1 saturated heterocycles. The molecule has 1 amide bonds. The molecular weight excluding hydrogens is 269 g/mol. The highest BCUT2D eigenvalue weighted by molar-refractivity contribution is 5.85. The second-order valence-electron chi connectivity index (χ2n) is 5.44. The Hall–Kier alpha value is -1.56. The SMILES string of the molecule is CC1NC(c2ccccc2)N(C2(C(F)(F)F)CC2)C1=O. The topological polar surface area (TPSA) is 32.3 Å². The van der Waals surface area contributed by atoms with E-state index in [2.05, 4.69) is 5.32 Å². The molecule has 1 aliphatic heterocycles. The van der Waals surface area contributed by atoms with Crippen LogP contribution in [0.4, 0.5) is 13.2 Å². The van der Waals surface area contributed by atoms with Crippen LogP contribution in [0.3, 0.4) is 0 Å². The first-order chi connectivity index (χ1) is 9.37.